The summed E-state index contributed by atoms with van der Waals surface area (Å²) in [4.78, 5) is 38.7. The highest BCUT2D eigenvalue weighted by Crippen LogP contribution is 2.36. The van der Waals surface area contributed by atoms with Crippen LogP contribution in [0.3, 0.4) is 0 Å². The molecule has 192 valence electrons. The lowest BCUT2D eigenvalue weighted by molar-refractivity contribution is -0.0176. The lowest BCUT2D eigenvalue weighted by Crippen LogP contribution is -2.36. The number of carbonyl (C=O) groups is 3. The Bertz CT molecular complexity index is 1230. The summed E-state index contributed by atoms with van der Waals surface area (Å²) in [5.41, 5.74) is 2.76. The van der Waals surface area contributed by atoms with E-state index in [-0.39, 0.29) is 23.0 Å². The van der Waals surface area contributed by atoms with Crippen LogP contribution in [0.2, 0.25) is 0 Å². The number of carbonyl (C=O) groups excluding carboxylic acids is 3. The SMILES string of the molecule is CC(C)[C@H]1CC[C@@H](C)C[C@H]1OC(=O)c1ccccc1C(=O)OCC(=O)c1ccc(-c2ccccc2)cc1. The highest BCUT2D eigenvalue weighted by molar-refractivity contribution is 6.04. The Kier molecular flexibility index (Phi) is 8.54. The number of hydrogen-bond acceptors (Lipinski definition) is 5. The molecule has 1 fully saturated rings. The van der Waals surface area contributed by atoms with Crippen LogP contribution in [0.5, 0.6) is 0 Å². The summed E-state index contributed by atoms with van der Waals surface area (Å²) < 4.78 is 11.3. The molecule has 0 heterocycles. The summed E-state index contributed by atoms with van der Waals surface area (Å²) in [6.07, 6.45) is 2.79. The number of benzene rings is 3. The molecule has 5 nitrogen and oxygen atoms in total. The van der Waals surface area contributed by atoms with Crippen LogP contribution >= 0.6 is 0 Å². The predicted molar refractivity (Wildman–Crippen MR) is 143 cm³/mol. The van der Waals surface area contributed by atoms with Gasteiger partial charge in [0.15, 0.2) is 12.4 Å². The second kappa shape index (κ2) is 12.0. The van der Waals surface area contributed by atoms with Gasteiger partial charge < -0.3 is 9.47 Å². The lowest BCUT2D eigenvalue weighted by atomic mass is 9.75. The van der Waals surface area contributed by atoms with E-state index in [4.69, 9.17) is 9.47 Å². The fraction of sp³-hybridized carbons (Fsp3) is 0.344. The van der Waals surface area contributed by atoms with E-state index in [1.54, 1.807) is 30.3 Å². The first-order valence-electron chi connectivity index (χ1n) is 13.0. The number of esters is 2. The zero-order chi connectivity index (χ0) is 26.4. The van der Waals surface area contributed by atoms with Gasteiger partial charge in [0.2, 0.25) is 0 Å². The van der Waals surface area contributed by atoms with Gasteiger partial charge in [-0.2, -0.15) is 0 Å². The Balaban J connectivity index is 1.40. The molecule has 0 saturated heterocycles. The van der Waals surface area contributed by atoms with E-state index in [1.165, 1.54) is 6.07 Å². The summed E-state index contributed by atoms with van der Waals surface area (Å²) >= 11 is 0. The minimum atomic E-state index is -0.723. The van der Waals surface area contributed by atoms with E-state index in [0.717, 1.165) is 30.4 Å². The Morgan fingerprint density at radius 1 is 0.784 bits per heavy atom. The van der Waals surface area contributed by atoms with E-state index < -0.39 is 18.5 Å². The third-order valence-corrected chi connectivity index (χ3v) is 7.23. The van der Waals surface area contributed by atoms with Gasteiger partial charge in [0.25, 0.3) is 0 Å². The van der Waals surface area contributed by atoms with Crippen LogP contribution in [-0.4, -0.2) is 30.4 Å². The molecule has 4 rings (SSSR count). The summed E-state index contributed by atoms with van der Waals surface area (Å²) in [6, 6.07) is 23.5. The molecule has 1 aliphatic carbocycles. The quantitative estimate of drug-likeness (QED) is 0.247. The van der Waals surface area contributed by atoms with Gasteiger partial charge in [-0.25, -0.2) is 9.59 Å². The number of Topliss-reactive ketones (excluding diaryl/α,β-unsaturated/α-hetero) is 1. The van der Waals surface area contributed by atoms with E-state index >= 15 is 0 Å². The fourth-order valence-electron chi connectivity index (χ4n) is 5.06. The second-order valence-corrected chi connectivity index (χ2v) is 10.3. The number of ketones is 1. The maximum Gasteiger partial charge on any atom is 0.339 e. The normalized spacial score (nSPS) is 19.3. The topological polar surface area (TPSA) is 69.7 Å². The van der Waals surface area contributed by atoms with Crippen LogP contribution < -0.4 is 0 Å². The molecule has 3 aromatic rings. The van der Waals surface area contributed by atoms with Crippen molar-refractivity contribution in [3.63, 3.8) is 0 Å². The minimum absolute atomic E-state index is 0.102. The molecule has 37 heavy (non-hydrogen) atoms. The van der Waals surface area contributed by atoms with E-state index in [2.05, 4.69) is 20.8 Å². The van der Waals surface area contributed by atoms with Crippen molar-refractivity contribution in [1.29, 1.82) is 0 Å². The van der Waals surface area contributed by atoms with E-state index in [0.29, 0.717) is 23.3 Å². The number of hydrogen-bond donors (Lipinski definition) is 0. The molecule has 0 unspecified atom stereocenters. The number of ether oxygens (including phenoxy) is 2. The van der Waals surface area contributed by atoms with E-state index in [1.807, 2.05) is 42.5 Å². The van der Waals surface area contributed by atoms with Crippen molar-refractivity contribution in [1.82, 2.24) is 0 Å². The second-order valence-electron chi connectivity index (χ2n) is 10.3. The van der Waals surface area contributed by atoms with Gasteiger partial charge in [0, 0.05) is 5.56 Å². The molecule has 0 aliphatic heterocycles. The van der Waals surface area contributed by atoms with Crippen LogP contribution in [0, 0.1) is 17.8 Å². The first-order chi connectivity index (χ1) is 17.8. The van der Waals surface area contributed by atoms with Crippen LogP contribution in [0.25, 0.3) is 11.1 Å². The van der Waals surface area contributed by atoms with Crippen molar-refractivity contribution in [2.24, 2.45) is 17.8 Å². The van der Waals surface area contributed by atoms with Crippen molar-refractivity contribution >= 4 is 17.7 Å². The highest BCUT2D eigenvalue weighted by atomic mass is 16.5. The Morgan fingerprint density at radius 3 is 2.03 bits per heavy atom. The van der Waals surface area contributed by atoms with Crippen LogP contribution in [0.15, 0.2) is 78.9 Å². The zero-order valence-electron chi connectivity index (χ0n) is 21.7. The van der Waals surface area contributed by atoms with Crippen LogP contribution in [0.4, 0.5) is 0 Å². The third-order valence-electron chi connectivity index (χ3n) is 7.23. The third kappa shape index (κ3) is 6.53. The molecule has 0 aromatic heterocycles. The summed E-state index contributed by atoms with van der Waals surface area (Å²) in [5, 5.41) is 0. The molecule has 0 radical (unpaired) electrons. The maximum atomic E-state index is 13.1. The molecule has 1 saturated carbocycles. The van der Waals surface area contributed by atoms with Gasteiger partial charge in [0.1, 0.15) is 6.10 Å². The number of rotatable bonds is 8. The molecule has 5 heteroatoms. The van der Waals surface area contributed by atoms with Gasteiger partial charge in [-0.1, -0.05) is 93.9 Å². The molecule has 3 atom stereocenters. The fourth-order valence-corrected chi connectivity index (χ4v) is 5.06. The van der Waals surface area contributed by atoms with Crippen LogP contribution in [-0.2, 0) is 9.47 Å². The van der Waals surface area contributed by atoms with Crippen molar-refractivity contribution in [3.8, 4) is 11.1 Å². The van der Waals surface area contributed by atoms with Crippen molar-refractivity contribution < 1.29 is 23.9 Å². The highest BCUT2D eigenvalue weighted by Gasteiger charge is 2.34. The first kappa shape index (κ1) is 26.3. The predicted octanol–water partition coefficient (Wildman–Crippen LogP) is 7.01. The summed E-state index contributed by atoms with van der Waals surface area (Å²) in [6.45, 7) is 6.06. The average molecular weight is 499 g/mol. The van der Waals surface area contributed by atoms with Gasteiger partial charge in [0.05, 0.1) is 11.1 Å². The van der Waals surface area contributed by atoms with E-state index in [9.17, 15) is 14.4 Å². The van der Waals surface area contributed by atoms with Gasteiger partial charge in [-0.05, 0) is 53.9 Å². The molecular formula is C32H34O5. The molecule has 1 aliphatic rings. The largest absolute Gasteiger partial charge is 0.458 e. The summed E-state index contributed by atoms with van der Waals surface area (Å²) in [5.74, 6) is -0.382. The smallest absolute Gasteiger partial charge is 0.339 e. The van der Waals surface area contributed by atoms with Crippen molar-refractivity contribution in [2.75, 3.05) is 6.61 Å². The Labute approximate surface area is 218 Å². The molecular weight excluding hydrogens is 464 g/mol. The molecule has 0 N–H and O–H groups in total. The molecule has 0 bridgehead atoms. The van der Waals surface area contributed by atoms with Crippen LogP contribution in [0.1, 0.15) is 71.1 Å². The van der Waals surface area contributed by atoms with Gasteiger partial charge in [-0.3, -0.25) is 4.79 Å². The standard InChI is InChI=1S/C32H34O5/c1-21(2)26-18-13-22(3)19-30(26)37-32(35)28-12-8-7-11-27(28)31(34)36-20-29(33)25-16-14-24(15-17-25)23-9-5-4-6-10-23/h4-12,14-17,21-22,26,30H,13,18-20H2,1-3H3/t22-,26-,30-/m1/s1. The monoisotopic (exact) mass is 498 g/mol. The molecule has 3 aromatic carbocycles. The van der Waals surface area contributed by atoms with Crippen molar-refractivity contribution in [2.45, 2.75) is 46.1 Å². The van der Waals surface area contributed by atoms with Gasteiger partial charge >= 0.3 is 11.9 Å². The Hall–Kier alpha value is -3.73. The summed E-state index contributed by atoms with van der Waals surface area (Å²) in [7, 11) is 0. The molecule has 0 spiro atoms. The lowest BCUT2D eigenvalue weighted by Gasteiger charge is -2.36. The van der Waals surface area contributed by atoms with Crippen molar-refractivity contribution in [3.05, 3.63) is 95.6 Å². The first-order valence-corrected chi connectivity index (χ1v) is 13.0. The maximum absolute atomic E-state index is 13.1. The molecule has 0 amide bonds. The average Bonchev–Trinajstić information content (AvgIpc) is 2.92. The Morgan fingerprint density at radius 2 is 1.38 bits per heavy atom. The van der Waals surface area contributed by atoms with Gasteiger partial charge in [-0.15, -0.1) is 0 Å². The zero-order valence-corrected chi connectivity index (χ0v) is 21.7. The minimum Gasteiger partial charge on any atom is -0.458 e.